The quantitative estimate of drug-likeness (QED) is 0.137. The maximum absolute atomic E-state index is 15.1. The van der Waals surface area contributed by atoms with E-state index in [9.17, 15) is 4.79 Å². The van der Waals surface area contributed by atoms with E-state index in [2.05, 4.69) is 52.1 Å². The molecule has 3 N–H and O–H groups in total. The van der Waals surface area contributed by atoms with E-state index in [4.69, 9.17) is 21.7 Å². The first-order valence-electron chi connectivity index (χ1n) is 13.7. The van der Waals surface area contributed by atoms with Gasteiger partial charge in [-0.2, -0.15) is 0 Å². The third-order valence-corrected chi connectivity index (χ3v) is 7.95. The van der Waals surface area contributed by atoms with Crippen molar-refractivity contribution in [1.29, 1.82) is 0 Å². The first kappa shape index (κ1) is 30.2. The number of halogens is 1. The number of fused-ring (bicyclic) bond motifs is 1. The zero-order valence-corrected chi connectivity index (χ0v) is 25.4. The van der Waals surface area contributed by atoms with Crippen LogP contribution in [0.4, 0.5) is 10.1 Å². The van der Waals surface area contributed by atoms with Gasteiger partial charge in [-0.1, -0.05) is 54.6 Å². The summed E-state index contributed by atoms with van der Waals surface area (Å²) in [5, 5.41) is 8.99. The molecule has 0 unspecified atom stereocenters. The summed E-state index contributed by atoms with van der Waals surface area (Å²) in [4.78, 5) is 17.8. The second-order valence-electron chi connectivity index (χ2n) is 9.98. The summed E-state index contributed by atoms with van der Waals surface area (Å²) in [5.74, 6) is -0.264. The number of amides is 1. The summed E-state index contributed by atoms with van der Waals surface area (Å²) < 4.78 is 27.1. The van der Waals surface area contributed by atoms with Gasteiger partial charge in [-0.3, -0.25) is 9.78 Å². The molecule has 2 heterocycles. The number of thiocarbonyl (C=S) groups is 1. The number of rotatable bonds is 11. The van der Waals surface area contributed by atoms with Gasteiger partial charge < -0.3 is 25.4 Å². The molecule has 0 aliphatic heterocycles. The summed E-state index contributed by atoms with van der Waals surface area (Å²) in [6.45, 7) is 3.50. The van der Waals surface area contributed by atoms with Crippen LogP contribution in [0.1, 0.15) is 18.1 Å². The smallest absolute Gasteiger partial charge is 0.230 e. The van der Waals surface area contributed by atoms with E-state index in [1.165, 1.54) is 29.0 Å². The number of carbonyl (C=O) groups is 1. The molecular weight excluding hydrogens is 584 g/mol. The number of anilines is 1. The summed E-state index contributed by atoms with van der Waals surface area (Å²) in [5.41, 5.74) is 4.27. The Labute approximate surface area is 259 Å². The molecule has 1 atom stereocenters. The predicted octanol–water partition coefficient (Wildman–Crippen LogP) is 7.07. The highest BCUT2D eigenvalue weighted by atomic mass is 32.1. The van der Waals surface area contributed by atoms with E-state index >= 15 is 4.39 Å². The van der Waals surface area contributed by atoms with E-state index in [0.717, 1.165) is 32.8 Å². The lowest BCUT2D eigenvalue weighted by Crippen LogP contribution is -2.35. The zero-order valence-electron chi connectivity index (χ0n) is 23.7. The van der Waals surface area contributed by atoms with Crippen molar-refractivity contribution >= 4 is 50.5 Å². The van der Waals surface area contributed by atoms with E-state index in [1.54, 1.807) is 25.4 Å². The van der Waals surface area contributed by atoms with Crippen LogP contribution in [0.5, 0.6) is 11.5 Å². The number of ether oxygens (including phenoxy) is 2. The molecule has 220 valence electrons. The minimum Gasteiger partial charge on any atom is -0.453 e. The molecule has 0 spiro atoms. The number of thiophene rings is 1. The molecular formula is C33H31FN4O3S2. The Morgan fingerprint density at radius 3 is 2.53 bits per heavy atom. The summed E-state index contributed by atoms with van der Waals surface area (Å²) in [6, 6.07) is 26.1. The highest BCUT2D eigenvalue weighted by Crippen LogP contribution is 2.39. The van der Waals surface area contributed by atoms with E-state index < -0.39 is 5.82 Å². The molecule has 0 fully saturated rings. The van der Waals surface area contributed by atoms with Crippen molar-refractivity contribution in [3.05, 3.63) is 108 Å². The Bertz CT molecular complexity index is 1710. The second kappa shape index (κ2) is 14.3. The van der Waals surface area contributed by atoms with E-state index in [0.29, 0.717) is 18.0 Å². The lowest BCUT2D eigenvalue weighted by Gasteiger charge is -2.12. The van der Waals surface area contributed by atoms with Gasteiger partial charge in [0.05, 0.1) is 23.2 Å². The number of aromatic nitrogens is 1. The van der Waals surface area contributed by atoms with Crippen LogP contribution in [0, 0.1) is 5.82 Å². The fraction of sp³-hybridized carbons (Fsp3) is 0.182. The first-order chi connectivity index (χ1) is 20.9. The molecule has 0 bridgehead atoms. The molecule has 43 heavy (non-hydrogen) atoms. The predicted molar refractivity (Wildman–Crippen MR) is 174 cm³/mol. The number of benzene rings is 3. The first-order valence-corrected chi connectivity index (χ1v) is 14.9. The highest BCUT2D eigenvalue weighted by Gasteiger charge is 2.14. The lowest BCUT2D eigenvalue weighted by atomic mass is 10.1. The third-order valence-electron chi connectivity index (χ3n) is 6.56. The van der Waals surface area contributed by atoms with Gasteiger partial charge in [0.1, 0.15) is 5.75 Å². The Morgan fingerprint density at radius 1 is 1.00 bits per heavy atom. The monoisotopic (exact) mass is 614 g/mol. The molecule has 10 heteroatoms. The van der Waals surface area contributed by atoms with Gasteiger partial charge in [-0.05, 0) is 54.0 Å². The van der Waals surface area contributed by atoms with Crippen LogP contribution in [0.25, 0.3) is 20.7 Å². The fourth-order valence-electron chi connectivity index (χ4n) is 4.42. The summed E-state index contributed by atoms with van der Waals surface area (Å²) in [6.07, 6.45) is 1.83. The normalized spacial score (nSPS) is 11.7. The number of pyridine rings is 1. The van der Waals surface area contributed by atoms with Crippen molar-refractivity contribution in [3.8, 4) is 21.9 Å². The van der Waals surface area contributed by atoms with Crippen molar-refractivity contribution in [3.63, 3.8) is 0 Å². The Hall–Kier alpha value is -4.22. The largest absolute Gasteiger partial charge is 0.453 e. The molecule has 0 saturated carbocycles. The number of carbonyl (C=O) groups excluding carboxylic acids is 1. The number of hydrogen-bond acceptors (Lipinski definition) is 7. The molecule has 0 aliphatic carbocycles. The molecule has 1 amide bonds. The standard InChI is InChI=1S/C33H31FN4O3S2/c1-21(20-40-2)36-19-23-8-10-24(11-9-23)30-18-27-32(43-30)29(14-15-35-27)41-28-13-12-25(17-26(28)34)37-33(42)38-31(39)16-22-6-4-3-5-7-22/h3-15,17-18,21,36H,16,19-20H2,1-2H3,(H2,37,38,39,42)/t21-/m0/s1. The highest BCUT2D eigenvalue weighted by molar-refractivity contribution is 7.80. The van der Waals surface area contributed by atoms with Crippen molar-refractivity contribution in [2.75, 3.05) is 19.0 Å². The van der Waals surface area contributed by atoms with Gasteiger partial charge in [-0.15, -0.1) is 11.3 Å². The van der Waals surface area contributed by atoms with Crippen LogP contribution in [0.2, 0.25) is 0 Å². The lowest BCUT2D eigenvalue weighted by molar-refractivity contribution is -0.119. The Morgan fingerprint density at radius 2 is 1.79 bits per heavy atom. The fourth-order valence-corrected chi connectivity index (χ4v) is 5.72. The number of methoxy groups -OCH3 is 1. The number of nitrogens with one attached hydrogen (secondary N) is 3. The van der Waals surface area contributed by atoms with Crippen molar-refractivity contribution in [1.82, 2.24) is 15.6 Å². The molecule has 2 aromatic heterocycles. The van der Waals surface area contributed by atoms with Crippen LogP contribution in [0.3, 0.4) is 0 Å². The van der Waals surface area contributed by atoms with Gasteiger partial charge in [0, 0.05) is 48.6 Å². The summed E-state index contributed by atoms with van der Waals surface area (Å²) >= 11 is 6.77. The van der Waals surface area contributed by atoms with Crippen molar-refractivity contribution < 1.29 is 18.7 Å². The Balaban J connectivity index is 1.23. The van der Waals surface area contributed by atoms with Gasteiger partial charge in [0.25, 0.3) is 0 Å². The molecule has 7 nitrogen and oxygen atoms in total. The Kier molecular flexibility index (Phi) is 10.1. The van der Waals surface area contributed by atoms with Gasteiger partial charge >= 0.3 is 0 Å². The average molecular weight is 615 g/mol. The molecule has 3 aromatic carbocycles. The maximum Gasteiger partial charge on any atom is 0.230 e. The molecule has 5 aromatic rings. The molecule has 0 saturated heterocycles. The molecule has 0 aliphatic rings. The van der Waals surface area contributed by atoms with Crippen LogP contribution in [-0.4, -0.2) is 35.8 Å². The van der Waals surface area contributed by atoms with E-state index in [1.807, 2.05) is 36.4 Å². The average Bonchev–Trinajstić information content (AvgIpc) is 3.44. The second-order valence-corrected chi connectivity index (χ2v) is 11.4. The van der Waals surface area contributed by atoms with Crippen molar-refractivity contribution in [2.24, 2.45) is 0 Å². The molecule has 5 rings (SSSR count). The van der Waals surface area contributed by atoms with Crippen LogP contribution in [-0.2, 0) is 22.5 Å². The van der Waals surface area contributed by atoms with Crippen molar-refractivity contribution in [2.45, 2.75) is 25.9 Å². The molecule has 0 radical (unpaired) electrons. The minimum atomic E-state index is -0.575. The van der Waals surface area contributed by atoms with Gasteiger partial charge in [0.15, 0.2) is 16.7 Å². The zero-order chi connectivity index (χ0) is 30.2. The van der Waals surface area contributed by atoms with Gasteiger partial charge in [0.2, 0.25) is 5.91 Å². The van der Waals surface area contributed by atoms with Crippen LogP contribution in [0.15, 0.2) is 91.1 Å². The topological polar surface area (TPSA) is 84.5 Å². The van der Waals surface area contributed by atoms with E-state index in [-0.39, 0.29) is 29.2 Å². The maximum atomic E-state index is 15.1. The third kappa shape index (κ3) is 8.20. The van der Waals surface area contributed by atoms with Gasteiger partial charge in [-0.25, -0.2) is 4.39 Å². The number of hydrogen-bond donors (Lipinski definition) is 3. The number of nitrogens with zero attached hydrogens (tertiary/aromatic N) is 1. The van der Waals surface area contributed by atoms with Crippen LogP contribution >= 0.6 is 23.6 Å². The minimum absolute atomic E-state index is 0.0617. The summed E-state index contributed by atoms with van der Waals surface area (Å²) in [7, 11) is 1.70. The van der Waals surface area contributed by atoms with Crippen LogP contribution < -0.4 is 20.7 Å². The SMILES string of the molecule is COC[C@H](C)NCc1ccc(-c2cc3nccc(Oc4ccc(NC(=S)NC(=O)Cc5ccccc5)cc4F)c3s2)cc1.